The number of alkyl halides is 6. The second kappa shape index (κ2) is 14.7. The SMILES string of the molecule is N#CC[C@@]12c3ccccc3C(=O)N1c1ccccc1[C@H]2CC(=O)OCC(F)(F)F.N#CC[C@@]12c3ccccc3C(=O)N1c1ccccc1[C@H]2CC(=O)OCC(F)(F)F. The van der Waals surface area contributed by atoms with Crippen molar-refractivity contribution in [1.82, 2.24) is 0 Å². The van der Waals surface area contributed by atoms with Crippen LogP contribution in [-0.2, 0) is 30.1 Å². The number of carbonyl (C=O) groups excluding carboxylic acids is 4. The number of anilines is 2. The van der Waals surface area contributed by atoms with Crippen LogP contribution in [0.4, 0.5) is 37.7 Å². The summed E-state index contributed by atoms with van der Waals surface area (Å²) in [4.78, 5) is 53.9. The maximum absolute atomic E-state index is 13.2. The van der Waals surface area contributed by atoms with E-state index in [4.69, 9.17) is 0 Å². The lowest BCUT2D eigenvalue weighted by atomic mass is 9.74. The standard InChI is InChI=1S/2C21H15F3N2O3/c2*22-21(23,24)12-29-18(27)11-16-13-5-2-4-8-17(13)26-19(28)14-6-1-3-7-15(14)20(16,26)9-10-25/h2*1-8,16H,9,11-12H2/t2*16-,20+/m11/s1. The van der Waals surface area contributed by atoms with Gasteiger partial charge in [0.1, 0.15) is 0 Å². The van der Waals surface area contributed by atoms with Gasteiger partial charge in [-0.2, -0.15) is 36.9 Å². The molecule has 0 saturated heterocycles. The van der Waals surface area contributed by atoms with Crippen LogP contribution in [0.5, 0.6) is 0 Å². The zero-order valence-corrected chi connectivity index (χ0v) is 30.1. The number of fused-ring (bicyclic) bond motifs is 10. The highest BCUT2D eigenvalue weighted by atomic mass is 19.4. The first-order chi connectivity index (χ1) is 27.6. The molecule has 0 fully saturated rings. The van der Waals surface area contributed by atoms with Crippen LogP contribution in [0.25, 0.3) is 0 Å². The van der Waals surface area contributed by atoms with Crippen LogP contribution >= 0.6 is 0 Å². The minimum Gasteiger partial charge on any atom is -0.456 e. The first kappa shape index (κ1) is 39.6. The lowest BCUT2D eigenvalue weighted by molar-refractivity contribution is -0.186. The molecular weight excluding hydrogens is 770 g/mol. The Morgan fingerprint density at radius 1 is 0.586 bits per heavy atom. The van der Waals surface area contributed by atoms with Gasteiger partial charge in [0.2, 0.25) is 0 Å². The Balaban J connectivity index is 0.000000177. The van der Waals surface area contributed by atoms with Gasteiger partial charge in [-0.05, 0) is 46.5 Å². The van der Waals surface area contributed by atoms with Gasteiger partial charge in [-0.1, -0.05) is 72.8 Å². The molecule has 4 atom stereocenters. The quantitative estimate of drug-likeness (QED) is 0.129. The Kier molecular flexibility index (Phi) is 10.0. The van der Waals surface area contributed by atoms with E-state index in [-0.39, 0.29) is 37.5 Å². The average molecular weight is 801 g/mol. The molecule has 8 rings (SSSR count). The fraction of sp³-hybridized carbons (Fsp3) is 0.286. The number of para-hydroxylation sites is 2. The monoisotopic (exact) mass is 800 g/mol. The van der Waals surface area contributed by atoms with E-state index in [1.165, 1.54) is 9.80 Å². The average Bonchev–Trinajstić information content (AvgIpc) is 3.81. The van der Waals surface area contributed by atoms with Crippen LogP contribution in [0.1, 0.15) is 80.5 Å². The topological polar surface area (TPSA) is 141 Å². The molecule has 0 aromatic heterocycles. The maximum Gasteiger partial charge on any atom is 0.422 e. The number of amides is 2. The predicted molar refractivity (Wildman–Crippen MR) is 192 cm³/mol. The fourth-order valence-corrected chi connectivity index (χ4v) is 8.93. The summed E-state index contributed by atoms with van der Waals surface area (Å²) in [5.74, 6) is -4.06. The van der Waals surface area contributed by atoms with Crippen molar-refractivity contribution in [1.29, 1.82) is 10.5 Å². The number of halogens is 6. The molecule has 0 unspecified atom stereocenters. The zero-order chi connectivity index (χ0) is 41.6. The Morgan fingerprint density at radius 3 is 1.29 bits per heavy atom. The third-order valence-electron chi connectivity index (χ3n) is 10.9. The van der Waals surface area contributed by atoms with Gasteiger partial charge in [0, 0.05) is 34.3 Å². The maximum atomic E-state index is 13.2. The number of carbonyl (C=O) groups is 4. The van der Waals surface area contributed by atoms with Crippen molar-refractivity contribution < 1.29 is 55.0 Å². The molecule has 0 radical (unpaired) electrons. The van der Waals surface area contributed by atoms with E-state index in [1.54, 1.807) is 97.1 Å². The van der Waals surface area contributed by atoms with Crippen LogP contribution in [0.2, 0.25) is 0 Å². The van der Waals surface area contributed by atoms with Crippen molar-refractivity contribution in [3.05, 3.63) is 130 Å². The minimum atomic E-state index is -4.63. The number of nitriles is 2. The fourth-order valence-electron chi connectivity index (χ4n) is 8.93. The van der Waals surface area contributed by atoms with E-state index in [0.717, 1.165) is 0 Å². The van der Waals surface area contributed by atoms with Crippen molar-refractivity contribution >= 4 is 35.1 Å². The smallest absolute Gasteiger partial charge is 0.422 e. The molecule has 0 N–H and O–H groups in total. The molecule has 4 aromatic carbocycles. The van der Waals surface area contributed by atoms with E-state index in [0.29, 0.717) is 44.8 Å². The predicted octanol–water partition coefficient (Wildman–Crippen LogP) is 8.10. The van der Waals surface area contributed by atoms with E-state index in [1.807, 2.05) is 0 Å². The Hall–Kier alpha value is -6.68. The van der Waals surface area contributed by atoms with E-state index in [9.17, 15) is 56.0 Å². The summed E-state index contributed by atoms with van der Waals surface area (Å²) in [5.41, 5.74) is 2.08. The number of rotatable bonds is 8. The van der Waals surface area contributed by atoms with E-state index < -0.39 is 60.4 Å². The number of benzene rings is 4. The summed E-state index contributed by atoms with van der Waals surface area (Å²) in [6.45, 7) is -3.35. The van der Waals surface area contributed by atoms with E-state index >= 15 is 0 Å². The summed E-state index contributed by atoms with van der Waals surface area (Å²) in [6.07, 6.45) is -10.2. The van der Waals surface area contributed by atoms with Crippen LogP contribution in [-0.4, -0.2) is 49.3 Å². The van der Waals surface area contributed by atoms with Crippen molar-refractivity contribution in [3.8, 4) is 12.1 Å². The van der Waals surface area contributed by atoms with Gasteiger partial charge in [0.25, 0.3) is 11.8 Å². The summed E-state index contributed by atoms with van der Waals surface area (Å²) >= 11 is 0. The third-order valence-corrected chi connectivity index (χ3v) is 10.9. The largest absolute Gasteiger partial charge is 0.456 e. The zero-order valence-electron chi connectivity index (χ0n) is 30.1. The molecular formula is C42H30F6N4O6. The highest BCUT2D eigenvalue weighted by molar-refractivity contribution is 6.15. The van der Waals surface area contributed by atoms with Crippen molar-refractivity contribution in [2.45, 2.75) is 60.9 Å². The summed E-state index contributed by atoms with van der Waals surface area (Å²) in [6, 6.07) is 31.6. The minimum absolute atomic E-state index is 0.109. The number of hydrogen-bond donors (Lipinski definition) is 0. The Morgan fingerprint density at radius 2 is 0.931 bits per heavy atom. The molecule has 16 heteroatoms. The molecule has 0 bridgehead atoms. The van der Waals surface area contributed by atoms with Gasteiger partial charge < -0.3 is 9.47 Å². The number of nitrogens with zero attached hydrogens (tertiary/aromatic N) is 4. The van der Waals surface area contributed by atoms with Gasteiger partial charge in [0.15, 0.2) is 13.2 Å². The third kappa shape index (κ3) is 6.48. The molecule has 296 valence electrons. The summed E-state index contributed by atoms with van der Waals surface area (Å²) in [5, 5.41) is 19.1. The lowest BCUT2D eigenvalue weighted by Gasteiger charge is -2.36. The molecule has 0 aliphatic carbocycles. The Bertz CT molecular complexity index is 2250. The van der Waals surface area contributed by atoms with Crippen LogP contribution in [0, 0.1) is 22.7 Å². The van der Waals surface area contributed by atoms with Gasteiger partial charge >= 0.3 is 24.3 Å². The van der Waals surface area contributed by atoms with Crippen molar-refractivity contribution in [2.24, 2.45) is 0 Å². The summed E-state index contributed by atoms with van der Waals surface area (Å²) in [7, 11) is 0. The first-order valence-corrected chi connectivity index (χ1v) is 17.8. The highest BCUT2D eigenvalue weighted by Gasteiger charge is 2.62. The normalized spacial score (nSPS) is 21.9. The van der Waals surface area contributed by atoms with Crippen LogP contribution in [0.3, 0.4) is 0 Å². The number of ether oxygens (including phenoxy) is 2. The molecule has 10 nitrogen and oxygen atoms in total. The second-order valence-electron chi connectivity index (χ2n) is 14.1. The Labute approximate surface area is 326 Å². The summed E-state index contributed by atoms with van der Waals surface area (Å²) < 4.78 is 83.6. The molecule has 4 aliphatic rings. The van der Waals surface area contributed by atoms with Crippen molar-refractivity contribution in [3.63, 3.8) is 0 Å². The molecule has 0 spiro atoms. The second-order valence-corrected chi connectivity index (χ2v) is 14.1. The van der Waals surface area contributed by atoms with Gasteiger partial charge in [0.05, 0.1) is 48.9 Å². The van der Waals surface area contributed by atoms with Crippen molar-refractivity contribution in [2.75, 3.05) is 23.0 Å². The molecule has 4 heterocycles. The molecule has 58 heavy (non-hydrogen) atoms. The number of hydrogen-bond acceptors (Lipinski definition) is 8. The molecule has 2 amide bonds. The first-order valence-electron chi connectivity index (χ1n) is 17.8. The van der Waals surface area contributed by atoms with Gasteiger partial charge in [-0.3, -0.25) is 29.0 Å². The van der Waals surface area contributed by atoms with Crippen LogP contribution in [0.15, 0.2) is 97.1 Å². The number of esters is 2. The van der Waals surface area contributed by atoms with E-state index in [2.05, 4.69) is 21.6 Å². The van der Waals surface area contributed by atoms with Gasteiger partial charge in [-0.15, -0.1) is 0 Å². The molecule has 0 saturated carbocycles. The van der Waals surface area contributed by atoms with Gasteiger partial charge in [-0.25, -0.2) is 0 Å². The highest BCUT2D eigenvalue weighted by Crippen LogP contribution is 2.62. The molecule has 4 aliphatic heterocycles. The molecule has 4 aromatic rings. The lowest BCUT2D eigenvalue weighted by Crippen LogP contribution is -2.44. The van der Waals surface area contributed by atoms with Crippen LogP contribution < -0.4 is 9.80 Å².